The van der Waals surface area contributed by atoms with E-state index >= 15 is 0 Å². The second-order valence-corrected chi connectivity index (χ2v) is 8.80. The fraction of sp³-hybridized carbons (Fsp3) is 0. The van der Waals surface area contributed by atoms with E-state index in [9.17, 15) is 0 Å². The first-order chi connectivity index (χ1) is 17.7. The number of aromatic nitrogens is 1. The van der Waals surface area contributed by atoms with Gasteiger partial charge in [-0.25, -0.2) is 9.69 Å². The quantitative estimate of drug-likeness (QED) is 0.237. The lowest BCUT2D eigenvalue weighted by molar-refractivity contribution is 0.670. The average Bonchev–Trinajstić information content (AvgIpc) is 3.48. The topological polar surface area (TPSA) is 26.8 Å². The molecular formula is C32H17N3O. The normalized spacial score (nSPS) is 11.3. The predicted molar refractivity (Wildman–Crippen MR) is 146 cm³/mol. The minimum Gasteiger partial charge on any atom is -0.455 e. The van der Waals surface area contributed by atoms with Gasteiger partial charge in [-0.05, 0) is 53.4 Å². The maximum absolute atomic E-state index is 7.81. The number of furan rings is 1. The molecule has 0 unspecified atom stereocenters. The number of para-hydroxylation sites is 3. The molecule has 0 amide bonds. The average molecular weight is 460 g/mol. The van der Waals surface area contributed by atoms with Crippen LogP contribution in [0.3, 0.4) is 0 Å². The molecule has 0 aliphatic carbocycles. The molecule has 0 saturated carbocycles. The monoisotopic (exact) mass is 459 g/mol. The summed E-state index contributed by atoms with van der Waals surface area (Å²) in [5.41, 5.74) is 7.63. The van der Waals surface area contributed by atoms with Crippen LogP contribution in [-0.2, 0) is 0 Å². The van der Waals surface area contributed by atoms with Gasteiger partial charge in [0.25, 0.3) is 0 Å². The molecule has 0 saturated heterocycles. The van der Waals surface area contributed by atoms with Gasteiger partial charge in [-0.3, -0.25) is 0 Å². The number of hydrogen-bond acceptors (Lipinski definition) is 1. The number of benzene rings is 5. The molecule has 0 atom stereocenters. The van der Waals surface area contributed by atoms with Crippen molar-refractivity contribution in [1.29, 1.82) is 0 Å². The molecule has 7 rings (SSSR count). The zero-order valence-electron chi connectivity index (χ0n) is 19.1. The van der Waals surface area contributed by atoms with Gasteiger partial charge in [0.2, 0.25) is 0 Å². The molecule has 7 aromatic rings. The van der Waals surface area contributed by atoms with Crippen molar-refractivity contribution in [3.05, 3.63) is 126 Å². The molecular weight excluding hydrogens is 442 g/mol. The van der Waals surface area contributed by atoms with Crippen LogP contribution in [0, 0.1) is 13.1 Å². The summed E-state index contributed by atoms with van der Waals surface area (Å²) in [6.45, 7) is 15.3. The van der Waals surface area contributed by atoms with Gasteiger partial charge in [0.1, 0.15) is 11.2 Å². The summed E-state index contributed by atoms with van der Waals surface area (Å²) in [5, 5.41) is 4.23. The molecule has 0 N–H and O–H groups in total. The number of nitrogens with zero attached hydrogens (tertiary/aromatic N) is 3. The Morgan fingerprint density at radius 2 is 1.33 bits per heavy atom. The number of hydrogen-bond donors (Lipinski definition) is 0. The van der Waals surface area contributed by atoms with Crippen LogP contribution >= 0.6 is 0 Å². The fourth-order valence-corrected chi connectivity index (χ4v) is 5.23. The highest BCUT2D eigenvalue weighted by Gasteiger charge is 2.16. The highest BCUT2D eigenvalue weighted by atomic mass is 16.3. The molecule has 166 valence electrons. The van der Waals surface area contributed by atoms with Gasteiger partial charge >= 0.3 is 0 Å². The zero-order valence-corrected chi connectivity index (χ0v) is 19.1. The van der Waals surface area contributed by atoms with Crippen molar-refractivity contribution in [2.24, 2.45) is 0 Å². The number of fused-ring (bicyclic) bond motifs is 6. The molecule has 0 spiro atoms. The van der Waals surface area contributed by atoms with Crippen LogP contribution in [0.15, 0.2) is 108 Å². The van der Waals surface area contributed by atoms with Crippen molar-refractivity contribution in [1.82, 2.24) is 4.57 Å². The highest BCUT2D eigenvalue weighted by Crippen LogP contribution is 2.40. The Balaban J connectivity index is 1.54. The molecule has 2 heterocycles. The van der Waals surface area contributed by atoms with E-state index in [1.165, 1.54) is 0 Å². The summed E-state index contributed by atoms with van der Waals surface area (Å²) in [6.07, 6.45) is 0. The van der Waals surface area contributed by atoms with Crippen molar-refractivity contribution in [2.45, 2.75) is 0 Å². The third-order valence-corrected chi connectivity index (χ3v) is 6.79. The fourth-order valence-electron chi connectivity index (χ4n) is 5.23. The molecule has 0 aliphatic heterocycles. The van der Waals surface area contributed by atoms with Gasteiger partial charge in [-0.1, -0.05) is 60.7 Å². The first-order valence-corrected chi connectivity index (χ1v) is 11.6. The molecule has 0 bridgehead atoms. The molecule has 4 heteroatoms. The Labute approximate surface area is 206 Å². The molecule has 0 radical (unpaired) electrons. The maximum atomic E-state index is 7.81. The van der Waals surface area contributed by atoms with Crippen molar-refractivity contribution >= 4 is 55.1 Å². The van der Waals surface area contributed by atoms with E-state index in [1.54, 1.807) is 0 Å². The maximum Gasteiger partial charge on any atom is 0.189 e. The van der Waals surface area contributed by atoms with E-state index in [0.29, 0.717) is 11.4 Å². The van der Waals surface area contributed by atoms with Gasteiger partial charge in [0, 0.05) is 27.4 Å². The Bertz CT molecular complexity index is 2080. The second-order valence-electron chi connectivity index (χ2n) is 8.80. The Morgan fingerprint density at radius 3 is 2.19 bits per heavy atom. The van der Waals surface area contributed by atoms with Gasteiger partial charge < -0.3 is 8.98 Å². The first-order valence-electron chi connectivity index (χ1n) is 11.6. The summed E-state index contributed by atoms with van der Waals surface area (Å²) in [7, 11) is 0. The summed E-state index contributed by atoms with van der Waals surface area (Å²) in [6, 6.07) is 34.1. The molecule has 5 aromatic carbocycles. The molecule has 2 aromatic heterocycles. The third kappa shape index (κ3) is 2.86. The first kappa shape index (κ1) is 20.1. The Kier molecular flexibility index (Phi) is 4.24. The minimum atomic E-state index is 0.555. The molecule has 0 aliphatic rings. The van der Waals surface area contributed by atoms with E-state index in [4.69, 9.17) is 17.6 Å². The standard InChI is InChI=1S/C32H17N3O/c1-33-21-14-15-30-28(19-21)25-8-3-5-12-29(25)35(30)23-17-20(16-22(18-23)34-2)24-10-7-11-27-26-9-4-6-13-31(26)36-32(24)27/h3-19H. The highest BCUT2D eigenvalue weighted by molar-refractivity contribution is 6.11. The zero-order chi connectivity index (χ0) is 24.2. The van der Waals surface area contributed by atoms with Crippen molar-refractivity contribution in [2.75, 3.05) is 0 Å². The van der Waals surface area contributed by atoms with Crippen molar-refractivity contribution < 1.29 is 4.42 Å². The van der Waals surface area contributed by atoms with E-state index in [1.807, 2.05) is 72.8 Å². The molecule has 0 fully saturated rings. The minimum absolute atomic E-state index is 0.555. The van der Waals surface area contributed by atoms with Crippen molar-refractivity contribution in [3.63, 3.8) is 0 Å². The summed E-state index contributed by atoms with van der Waals surface area (Å²) in [4.78, 5) is 7.43. The van der Waals surface area contributed by atoms with E-state index < -0.39 is 0 Å². The largest absolute Gasteiger partial charge is 0.455 e. The van der Waals surface area contributed by atoms with Crippen LogP contribution in [-0.4, -0.2) is 4.57 Å². The van der Waals surface area contributed by atoms with Crippen LogP contribution in [0.4, 0.5) is 11.4 Å². The summed E-state index contributed by atoms with van der Waals surface area (Å²) in [5.74, 6) is 0. The predicted octanol–water partition coefficient (Wildman–Crippen LogP) is 9.45. The van der Waals surface area contributed by atoms with E-state index in [-0.39, 0.29) is 0 Å². The van der Waals surface area contributed by atoms with Crippen LogP contribution in [0.2, 0.25) is 0 Å². The smallest absolute Gasteiger partial charge is 0.189 e. The Hall–Kier alpha value is -5.32. The molecule has 36 heavy (non-hydrogen) atoms. The lowest BCUT2D eigenvalue weighted by atomic mass is 10.0. The van der Waals surface area contributed by atoms with E-state index in [0.717, 1.165) is 60.6 Å². The van der Waals surface area contributed by atoms with Gasteiger partial charge in [0.15, 0.2) is 11.4 Å². The summed E-state index contributed by atoms with van der Waals surface area (Å²) >= 11 is 0. The van der Waals surface area contributed by atoms with Gasteiger partial charge in [-0.15, -0.1) is 0 Å². The number of rotatable bonds is 2. The van der Waals surface area contributed by atoms with Crippen LogP contribution in [0.25, 0.3) is 70.2 Å². The van der Waals surface area contributed by atoms with Gasteiger partial charge in [0.05, 0.1) is 24.2 Å². The van der Waals surface area contributed by atoms with E-state index in [2.05, 4.69) is 44.6 Å². The van der Waals surface area contributed by atoms with Gasteiger partial charge in [-0.2, -0.15) is 0 Å². The third-order valence-electron chi connectivity index (χ3n) is 6.79. The summed E-state index contributed by atoms with van der Waals surface area (Å²) < 4.78 is 8.47. The van der Waals surface area contributed by atoms with Crippen LogP contribution in [0.1, 0.15) is 0 Å². The molecule has 4 nitrogen and oxygen atoms in total. The Morgan fingerprint density at radius 1 is 0.583 bits per heavy atom. The lowest BCUT2D eigenvalue weighted by Crippen LogP contribution is -1.94. The van der Waals surface area contributed by atoms with Crippen LogP contribution in [0.5, 0.6) is 0 Å². The van der Waals surface area contributed by atoms with Crippen molar-refractivity contribution in [3.8, 4) is 16.8 Å². The SMILES string of the molecule is [C-]#[N+]c1cc(-c2cccc3c2oc2ccccc23)cc(-n2c3ccccc3c3cc([N+]#[C-])ccc32)c1. The van der Waals surface area contributed by atoms with Crippen LogP contribution < -0.4 is 0 Å². The second kappa shape index (κ2) is 7.60. The lowest BCUT2D eigenvalue weighted by Gasteiger charge is -2.12.